The molecule has 2 amide bonds. The van der Waals surface area contributed by atoms with E-state index in [0.29, 0.717) is 0 Å². The van der Waals surface area contributed by atoms with Crippen molar-refractivity contribution in [1.29, 1.82) is 0 Å². The summed E-state index contributed by atoms with van der Waals surface area (Å²) in [5.74, 6) is -3.46. The molecule has 14 nitrogen and oxygen atoms in total. The minimum Gasteiger partial charge on any atom is -0.480 e. The number of aliphatic carboxylic acids is 2. The van der Waals surface area contributed by atoms with Crippen LogP contribution in [0.4, 0.5) is 5.13 Å². The van der Waals surface area contributed by atoms with E-state index in [1.807, 2.05) is 0 Å². The van der Waals surface area contributed by atoms with E-state index in [2.05, 4.69) is 15.5 Å². The molecule has 7 N–H and O–H groups in total. The number of carbonyl (C=O) groups is 4. The molecule has 2 fully saturated rings. The molecule has 4 atom stereocenters. The Morgan fingerprint density at radius 3 is 2.69 bits per heavy atom. The SMILES string of the molecule is COC[C@@H](N)CS[C@]1(C(=O)O)CN2C(=O)C(NC(=O)/C(=N\OC(C)(C)C(=O)O)c3csc(N)n3)[C@H]2S1. The zero-order chi connectivity index (χ0) is 26.8. The third kappa shape index (κ3) is 5.69. The number of β-lactam (4-membered cyclic amide) rings is 1. The van der Waals surface area contributed by atoms with Crippen molar-refractivity contribution in [2.24, 2.45) is 10.9 Å². The number of nitrogens with two attached hydrogens (primary N) is 2. The average molecular weight is 563 g/mol. The molecule has 1 unspecified atom stereocenters. The van der Waals surface area contributed by atoms with E-state index in [-0.39, 0.29) is 35.4 Å². The number of nitrogens with zero attached hydrogens (tertiary/aromatic N) is 3. The molecular formula is C19H26N6O8S3. The highest BCUT2D eigenvalue weighted by Gasteiger charge is 2.62. The van der Waals surface area contributed by atoms with Gasteiger partial charge in [-0.1, -0.05) is 5.16 Å². The Hall–Kier alpha value is -2.60. The van der Waals surface area contributed by atoms with E-state index in [1.54, 1.807) is 0 Å². The van der Waals surface area contributed by atoms with Crippen molar-refractivity contribution in [3.63, 3.8) is 0 Å². The quantitative estimate of drug-likeness (QED) is 0.120. The largest absolute Gasteiger partial charge is 0.480 e. The minimum atomic E-state index is -1.75. The number of carboxylic acids is 2. The standard InChI is InChI=1S/C19H26N6O8S3/c1-18(2,15(28)29)33-24-10(9-6-34-17(21)22-9)12(26)23-11-13(27)25-7-19(16(30)31,36-14(11)25)35-5-8(20)4-32-3/h6,8,11,14H,4-5,7,20H2,1-3H3,(H2,21,22)(H,23,26)(H,28,29)(H,30,31)/b24-10-/t8-,11?,14-,19-/m1/s1. The molecule has 3 rings (SSSR count). The molecule has 1 aromatic rings. The van der Waals surface area contributed by atoms with Gasteiger partial charge in [-0.25, -0.2) is 14.6 Å². The first-order chi connectivity index (χ1) is 16.8. The summed E-state index contributed by atoms with van der Waals surface area (Å²) in [6, 6.07) is -1.43. The fourth-order valence-electron chi connectivity index (χ4n) is 3.19. The monoisotopic (exact) mass is 562 g/mol. The van der Waals surface area contributed by atoms with Gasteiger partial charge in [0.2, 0.25) is 11.5 Å². The third-order valence-electron chi connectivity index (χ3n) is 5.21. The number of ether oxygens (including phenoxy) is 1. The van der Waals surface area contributed by atoms with Crippen LogP contribution in [0.2, 0.25) is 0 Å². The van der Waals surface area contributed by atoms with Crippen LogP contribution in [-0.4, -0.2) is 103 Å². The van der Waals surface area contributed by atoms with Crippen molar-refractivity contribution < 1.29 is 39.0 Å². The number of carboxylic acid groups (broad SMARTS) is 2. The molecule has 17 heteroatoms. The number of carbonyl (C=O) groups excluding carboxylic acids is 2. The summed E-state index contributed by atoms with van der Waals surface area (Å²) >= 11 is 3.17. The van der Waals surface area contributed by atoms with Gasteiger partial charge < -0.3 is 41.5 Å². The lowest BCUT2D eigenvalue weighted by Crippen LogP contribution is -2.68. The number of nitrogens with one attached hydrogen (secondary N) is 1. The summed E-state index contributed by atoms with van der Waals surface area (Å²) in [6.45, 7) is 2.68. The Balaban J connectivity index is 1.76. The second kappa shape index (κ2) is 10.8. The zero-order valence-corrected chi connectivity index (χ0v) is 21.9. The molecular weight excluding hydrogens is 536 g/mol. The predicted molar refractivity (Wildman–Crippen MR) is 134 cm³/mol. The van der Waals surface area contributed by atoms with Gasteiger partial charge in [0.25, 0.3) is 5.91 Å². The Bertz CT molecular complexity index is 1080. The summed E-state index contributed by atoms with van der Waals surface area (Å²) in [5, 5.41) is 26.3. The van der Waals surface area contributed by atoms with Crippen LogP contribution >= 0.6 is 34.9 Å². The Morgan fingerprint density at radius 2 is 2.14 bits per heavy atom. The summed E-state index contributed by atoms with van der Waals surface area (Å²) in [7, 11) is 1.49. The lowest BCUT2D eigenvalue weighted by atomic mass is 10.1. The zero-order valence-electron chi connectivity index (χ0n) is 19.5. The van der Waals surface area contributed by atoms with Crippen molar-refractivity contribution in [3.05, 3.63) is 11.1 Å². The number of aromatic nitrogens is 1. The molecule has 0 aromatic carbocycles. The number of amides is 2. The molecule has 36 heavy (non-hydrogen) atoms. The highest BCUT2D eigenvalue weighted by molar-refractivity contribution is 8.20. The molecule has 0 saturated carbocycles. The normalized spacial score (nSPS) is 24.6. The molecule has 2 aliphatic rings. The number of thioether (sulfide) groups is 2. The Kier molecular flexibility index (Phi) is 8.39. The first kappa shape index (κ1) is 28.0. The maximum absolute atomic E-state index is 13.1. The maximum Gasteiger partial charge on any atom is 0.350 e. The number of hydrogen-bond acceptors (Lipinski definition) is 13. The predicted octanol–water partition coefficient (Wildman–Crippen LogP) is -0.803. The van der Waals surface area contributed by atoms with Crippen molar-refractivity contribution in [1.82, 2.24) is 15.2 Å². The average Bonchev–Trinajstić information content (AvgIpc) is 3.39. The molecule has 2 aliphatic heterocycles. The highest BCUT2D eigenvalue weighted by Crippen LogP contribution is 2.52. The van der Waals surface area contributed by atoms with E-state index >= 15 is 0 Å². The van der Waals surface area contributed by atoms with Crippen LogP contribution in [-0.2, 0) is 28.8 Å². The highest BCUT2D eigenvalue weighted by atomic mass is 32.2. The van der Waals surface area contributed by atoms with Gasteiger partial charge in [0.1, 0.15) is 17.1 Å². The van der Waals surface area contributed by atoms with Gasteiger partial charge in [0.15, 0.2) is 14.9 Å². The molecule has 0 radical (unpaired) electrons. The Labute approximate surface area is 218 Å². The number of rotatable bonds is 12. The number of fused-ring (bicyclic) bond motifs is 1. The molecule has 1 aromatic heterocycles. The van der Waals surface area contributed by atoms with Crippen molar-refractivity contribution in [2.45, 2.75) is 41.0 Å². The number of thiazole rings is 1. The van der Waals surface area contributed by atoms with Gasteiger partial charge in [-0.05, 0) is 13.8 Å². The fourth-order valence-corrected chi connectivity index (χ4v) is 6.77. The third-order valence-corrected chi connectivity index (χ3v) is 9.35. The summed E-state index contributed by atoms with van der Waals surface area (Å²) in [6.07, 6.45) is 0. The summed E-state index contributed by atoms with van der Waals surface area (Å²) in [5.41, 5.74) is 9.48. The van der Waals surface area contributed by atoms with Crippen molar-refractivity contribution >= 4 is 69.5 Å². The van der Waals surface area contributed by atoms with E-state index in [4.69, 9.17) is 21.0 Å². The first-order valence-corrected chi connectivity index (χ1v) is 13.2. The number of hydrogen-bond donors (Lipinski definition) is 5. The van der Waals surface area contributed by atoms with Crippen LogP contribution in [0.3, 0.4) is 0 Å². The number of methoxy groups -OCH3 is 1. The van der Waals surface area contributed by atoms with E-state index < -0.39 is 50.9 Å². The lowest BCUT2D eigenvalue weighted by molar-refractivity contribution is -0.161. The van der Waals surface area contributed by atoms with Gasteiger partial charge in [-0.15, -0.1) is 34.9 Å². The van der Waals surface area contributed by atoms with E-state index in [9.17, 15) is 29.4 Å². The molecule has 2 saturated heterocycles. The topological polar surface area (TPSA) is 220 Å². The van der Waals surface area contributed by atoms with Crippen LogP contribution in [0.1, 0.15) is 19.5 Å². The van der Waals surface area contributed by atoms with Crippen LogP contribution in [0.15, 0.2) is 10.5 Å². The van der Waals surface area contributed by atoms with Crippen LogP contribution in [0, 0.1) is 0 Å². The van der Waals surface area contributed by atoms with Gasteiger partial charge in [0, 0.05) is 24.3 Å². The summed E-state index contributed by atoms with van der Waals surface area (Å²) in [4.78, 5) is 59.8. The van der Waals surface area contributed by atoms with Gasteiger partial charge in [0.05, 0.1) is 13.2 Å². The van der Waals surface area contributed by atoms with Crippen molar-refractivity contribution in [3.8, 4) is 0 Å². The number of nitrogen functional groups attached to an aromatic ring is 1. The maximum atomic E-state index is 13.1. The van der Waals surface area contributed by atoms with Gasteiger partial charge in [-0.3, -0.25) is 9.59 Å². The number of oxime groups is 1. The van der Waals surface area contributed by atoms with Crippen molar-refractivity contribution in [2.75, 3.05) is 31.7 Å². The fraction of sp³-hybridized carbons (Fsp3) is 0.579. The van der Waals surface area contributed by atoms with Crippen LogP contribution in [0.5, 0.6) is 0 Å². The molecule has 0 bridgehead atoms. The molecule has 3 heterocycles. The summed E-state index contributed by atoms with van der Waals surface area (Å²) < 4.78 is 3.63. The number of anilines is 1. The van der Waals surface area contributed by atoms with Crippen LogP contribution < -0.4 is 16.8 Å². The van der Waals surface area contributed by atoms with Gasteiger partial charge in [-0.2, -0.15) is 0 Å². The minimum absolute atomic E-state index is 0.0291. The second-order valence-electron chi connectivity index (χ2n) is 8.43. The lowest BCUT2D eigenvalue weighted by Gasteiger charge is -2.41. The van der Waals surface area contributed by atoms with Gasteiger partial charge >= 0.3 is 11.9 Å². The molecule has 198 valence electrons. The molecule has 0 aliphatic carbocycles. The van der Waals surface area contributed by atoms with E-state index in [0.717, 1.165) is 34.9 Å². The Morgan fingerprint density at radius 1 is 1.44 bits per heavy atom. The first-order valence-electron chi connectivity index (χ1n) is 10.4. The second-order valence-corrected chi connectivity index (χ2v) is 12.3. The smallest absolute Gasteiger partial charge is 0.350 e. The van der Waals surface area contributed by atoms with Crippen LogP contribution in [0.25, 0.3) is 0 Å². The van der Waals surface area contributed by atoms with E-state index in [1.165, 1.54) is 31.2 Å². The molecule has 0 spiro atoms.